The topological polar surface area (TPSA) is 46.6 Å². The maximum absolute atomic E-state index is 13.0. The molecule has 0 aliphatic carbocycles. The summed E-state index contributed by atoms with van der Waals surface area (Å²) in [5.41, 5.74) is 0.121. The molecule has 1 amide bonds. The van der Waals surface area contributed by atoms with Gasteiger partial charge in [0.25, 0.3) is 5.91 Å². The van der Waals surface area contributed by atoms with Crippen molar-refractivity contribution in [1.29, 1.82) is 0 Å². The van der Waals surface area contributed by atoms with Gasteiger partial charge in [0, 0.05) is 24.6 Å². The smallest absolute Gasteiger partial charge is 0.405 e. The lowest BCUT2D eigenvalue weighted by Crippen LogP contribution is -2.42. The highest BCUT2D eigenvalue weighted by molar-refractivity contribution is 6.01. The summed E-state index contributed by atoms with van der Waals surface area (Å²) in [4.78, 5) is 26.9. The molecule has 2 aromatic carbocycles. The van der Waals surface area contributed by atoms with Gasteiger partial charge >= 0.3 is 6.36 Å². The first-order valence-electron chi connectivity index (χ1n) is 8.68. The van der Waals surface area contributed by atoms with Gasteiger partial charge in [-0.05, 0) is 49.2 Å². The molecule has 1 saturated heterocycles. The first kappa shape index (κ1) is 19.9. The number of hydrogen-bond acceptors (Lipinski definition) is 3. The van der Waals surface area contributed by atoms with Crippen molar-refractivity contribution in [3.63, 3.8) is 0 Å². The molecule has 3 rings (SSSR count). The van der Waals surface area contributed by atoms with Crippen LogP contribution in [-0.2, 0) is 0 Å². The summed E-state index contributed by atoms with van der Waals surface area (Å²) in [7, 11) is 0. The Kier molecular flexibility index (Phi) is 5.67. The molecule has 0 spiro atoms. The van der Waals surface area contributed by atoms with Gasteiger partial charge in [0.2, 0.25) is 0 Å². The number of para-hydroxylation sites is 1. The number of alkyl halides is 3. The zero-order valence-electron chi connectivity index (χ0n) is 14.7. The number of nitrogens with zero attached hydrogens (tertiary/aromatic N) is 1. The molecule has 1 aliphatic heterocycles. The fourth-order valence-electron chi connectivity index (χ4n) is 3.25. The van der Waals surface area contributed by atoms with Gasteiger partial charge in [-0.1, -0.05) is 12.1 Å². The number of rotatable bonds is 4. The number of ether oxygens (including phenoxy) is 1. The second-order valence-electron chi connectivity index (χ2n) is 6.51. The number of carbonyl (C=O) groups is 2. The fraction of sp³-hybridized carbons (Fsp3) is 0.300. The Balaban J connectivity index is 1.76. The van der Waals surface area contributed by atoms with E-state index in [-0.39, 0.29) is 23.6 Å². The van der Waals surface area contributed by atoms with Gasteiger partial charge in [-0.2, -0.15) is 0 Å². The van der Waals surface area contributed by atoms with Gasteiger partial charge in [0.05, 0.1) is 5.56 Å². The number of Topliss-reactive ketones (excluding diaryl/α,β-unsaturated/α-hetero) is 1. The van der Waals surface area contributed by atoms with Crippen molar-refractivity contribution in [3.8, 4) is 5.75 Å². The Bertz CT molecular complexity index is 864. The lowest BCUT2D eigenvalue weighted by atomic mass is 9.89. The minimum atomic E-state index is -4.91. The van der Waals surface area contributed by atoms with Crippen LogP contribution in [-0.4, -0.2) is 36.0 Å². The summed E-state index contributed by atoms with van der Waals surface area (Å²) in [6.07, 6.45) is -3.93. The second-order valence-corrected chi connectivity index (χ2v) is 6.51. The Morgan fingerprint density at radius 2 is 1.71 bits per heavy atom. The van der Waals surface area contributed by atoms with E-state index in [2.05, 4.69) is 4.74 Å². The molecule has 4 nitrogen and oxygen atoms in total. The van der Waals surface area contributed by atoms with Crippen LogP contribution in [0.5, 0.6) is 5.75 Å². The average Bonchev–Trinajstić information content (AvgIpc) is 2.67. The van der Waals surface area contributed by atoms with E-state index >= 15 is 0 Å². The molecule has 0 N–H and O–H groups in total. The molecule has 2 aromatic rings. The second kappa shape index (κ2) is 8.00. The van der Waals surface area contributed by atoms with E-state index in [0.29, 0.717) is 19.4 Å². The van der Waals surface area contributed by atoms with Crippen molar-refractivity contribution >= 4 is 11.7 Å². The van der Waals surface area contributed by atoms with E-state index in [4.69, 9.17) is 0 Å². The SMILES string of the molecule is O=C(c1ccccc1OC(F)(F)F)C1CCCN(C(=O)c2ccc(F)cc2)C1. The molecule has 1 fully saturated rings. The van der Waals surface area contributed by atoms with Gasteiger partial charge in [-0.25, -0.2) is 4.39 Å². The number of hydrogen-bond donors (Lipinski definition) is 0. The summed E-state index contributed by atoms with van der Waals surface area (Å²) in [5, 5.41) is 0. The summed E-state index contributed by atoms with van der Waals surface area (Å²) in [6.45, 7) is 0.496. The number of carbonyl (C=O) groups excluding carboxylic acids is 2. The highest BCUT2D eigenvalue weighted by atomic mass is 19.4. The number of ketones is 1. The predicted octanol–water partition coefficient (Wildman–Crippen LogP) is 4.46. The van der Waals surface area contributed by atoms with Crippen molar-refractivity contribution in [2.45, 2.75) is 19.2 Å². The van der Waals surface area contributed by atoms with Gasteiger partial charge in [-0.3, -0.25) is 9.59 Å². The third kappa shape index (κ3) is 4.68. The first-order valence-corrected chi connectivity index (χ1v) is 8.68. The molecule has 1 atom stereocenters. The Morgan fingerprint density at radius 1 is 1.04 bits per heavy atom. The van der Waals surface area contributed by atoms with Crippen molar-refractivity contribution in [2.75, 3.05) is 13.1 Å². The van der Waals surface area contributed by atoms with Gasteiger partial charge in [0.1, 0.15) is 11.6 Å². The third-order valence-electron chi connectivity index (χ3n) is 4.55. The molecular weight excluding hydrogens is 378 g/mol. The van der Waals surface area contributed by atoms with Gasteiger partial charge in [0.15, 0.2) is 5.78 Å². The van der Waals surface area contributed by atoms with Crippen LogP contribution in [0.1, 0.15) is 33.6 Å². The first-order chi connectivity index (χ1) is 13.2. The van der Waals surface area contributed by atoms with Crippen molar-refractivity contribution in [3.05, 3.63) is 65.5 Å². The Hall–Kier alpha value is -2.90. The van der Waals surface area contributed by atoms with Crippen molar-refractivity contribution < 1.29 is 31.9 Å². The molecule has 1 aliphatic rings. The van der Waals surface area contributed by atoms with E-state index in [9.17, 15) is 27.2 Å². The summed E-state index contributed by atoms with van der Waals surface area (Å²) < 4.78 is 54.8. The maximum atomic E-state index is 13.0. The summed E-state index contributed by atoms with van der Waals surface area (Å²) >= 11 is 0. The largest absolute Gasteiger partial charge is 0.573 e. The van der Waals surface area contributed by atoms with Gasteiger partial charge in [-0.15, -0.1) is 13.2 Å². The predicted molar refractivity (Wildman–Crippen MR) is 92.5 cm³/mol. The summed E-state index contributed by atoms with van der Waals surface area (Å²) in [5.74, 6) is -2.52. The van der Waals surface area contributed by atoms with Crippen molar-refractivity contribution in [1.82, 2.24) is 4.90 Å². The quantitative estimate of drug-likeness (QED) is 0.567. The lowest BCUT2D eigenvalue weighted by Gasteiger charge is -2.32. The standard InChI is InChI=1S/C20H17F4NO3/c21-15-9-7-13(8-10-15)19(27)25-11-3-4-14(12-25)18(26)16-5-1-2-6-17(16)28-20(22,23)24/h1-2,5-10,14H,3-4,11-12H2. The summed E-state index contributed by atoms with van der Waals surface area (Å²) in [6, 6.07) is 10.2. The zero-order valence-corrected chi connectivity index (χ0v) is 14.7. The number of halogens is 4. The Morgan fingerprint density at radius 3 is 2.39 bits per heavy atom. The van der Waals surface area contributed by atoms with Crippen LogP contribution in [0.15, 0.2) is 48.5 Å². The number of amides is 1. The van der Waals surface area contributed by atoms with Gasteiger partial charge < -0.3 is 9.64 Å². The molecule has 1 unspecified atom stereocenters. The molecule has 0 aromatic heterocycles. The molecule has 0 bridgehead atoms. The zero-order chi connectivity index (χ0) is 20.3. The molecule has 148 valence electrons. The Labute approximate surface area is 158 Å². The molecule has 8 heteroatoms. The van der Waals surface area contributed by atoms with Crippen LogP contribution in [0.25, 0.3) is 0 Å². The van der Waals surface area contributed by atoms with Crippen LogP contribution in [0.2, 0.25) is 0 Å². The third-order valence-corrected chi connectivity index (χ3v) is 4.55. The molecule has 28 heavy (non-hydrogen) atoms. The van der Waals surface area contributed by atoms with Crippen LogP contribution in [0.4, 0.5) is 17.6 Å². The monoisotopic (exact) mass is 395 g/mol. The molecular formula is C20H17F4NO3. The highest BCUT2D eigenvalue weighted by Crippen LogP contribution is 2.30. The van der Waals surface area contributed by atoms with Crippen LogP contribution in [0, 0.1) is 11.7 Å². The number of likely N-dealkylation sites (tertiary alicyclic amines) is 1. The molecule has 0 saturated carbocycles. The van der Waals surface area contributed by atoms with E-state index in [1.165, 1.54) is 47.4 Å². The van der Waals surface area contributed by atoms with Crippen LogP contribution >= 0.6 is 0 Å². The molecule has 0 radical (unpaired) electrons. The van der Waals surface area contributed by atoms with Crippen LogP contribution < -0.4 is 4.74 Å². The number of piperidine rings is 1. The van der Waals surface area contributed by atoms with Crippen molar-refractivity contribution in [2.24, 2.45) is 5.92 Å². The minimum absolute atomic E-state index is 0.0788. The van der Waals surface area contributed by atoms with E-state index in [1.54, 1.807) is 0 Å². The maximum Gasteiger partial charge on any atom is 0.573 e. The fourth-order valence-corrected chi connectivity index (χ4v) is 3.25. The highest BCUT2D eigenvalue weighted by Gasteiger charge is 2.35. The van der Waals surface area contributed by atoms with E-state index < -0.39 is 29.6 Å². The van der Waals surface area contributed by atoms with Crippen LogP contribution in [0.3, 0.4) is 0 Å². The minimum Gasteiger partial charge on any atom is -0.405 e. The lowest BCUT2D eigenvalue weighted by molar-refractivity contribution is -0.274. The van der Waals surface area contributed by atoms with E-state index in [1.807, 2.05) is 0 Å². The normalized spacial score (nSPS) is 17.3. The molecule has 1 heterocycles. The number of benzene rings is 2. The van der Waals surface area contributed by atoms with E-state index in [0.717, 1.165) is 6.07 Å². The average molecular weight is 395 g/mol.